The molecule has 1 saturated carbocycles. The Morgan fingerprint density at radius 3 is 2.57 bits per heavy atom. The van der Waals surface area contributed by atoms with Crippen molar-refractivity contribution in [2.24, 2.45) is 5.92 Å². The lowest BCUT2D eigenvalue weighted by Gasteiger charge is -2.32. The van der Waals surface area contributed by atoms with E-state index in [0.717, 1.165) is 38.8 Å². The van der Waals surface area contributed by atoms with Gasteiger partial charge in [0.2, 0.25) is 5.91 Å². The third-order valence-electron chi connectivity index (χ3n) is 4.04. The van der Waals surface area contributed by atoms with E-state index in [-0.39, 0.29) is 17.9 Å². The molecule has 1 aromatic heterocycles. The molecule has 0 aromatic carbocycles. The van der Waals surface area contributed by atoms with Crippen LogP contribution < -0.4 is 5.32 Å². The van der Waals surface area contributed by atoms with Gasteiger partial charge in [0.25, 0.3) is 5.91 Å². The van der Waals surface area contributed by atoms with E-state index in [0.29, 0.717) is 16.1 Å². The Hall–Kier alpha value is -1.43. The van der Waals surface area contributed by atoms with Crippen LogP contribution in [0.2, 0.25) is 0 Å². The highest BCUT2D eigenvalue weighted by Crippen LogP contribution is 2.31. The summed E-state index contributed by atoms with van der Waals surface area (Å²) in [7, 11) is 0. The van der Waals surface area contributed by atoms with Crippen molar-refractivity contribution in [1.29, 1.82) is 0 Å². The lowest BCUT2D eigenvalue weighted by molar-refractivity contribution is -0.133. The number of piperidine rings is 1. The number of aromatic nitrogens is 1. The highest BCUT2D eigenvalue weighted by molar-refractivity contribution is 9.10. The Labute approximate surface area is 132 Å². The molecule has 2 amide bonds. The zero-order valence-corrected chi connectivity index (χ0v) is 13.3. The first-order valence-electron chi connectivity index (χ1n) is 7.35. The SMILES string of the molecule is O=C(NC1CCN(C(=O)C2CC2)CC1)c1ncccc1Br. The number of likely N-dealkylation sites (tertiary alicyclic amines) is 1. The molecule has 0 atom stereocenters. The number of hydrogen-bond acceptors (Lipinski definition) is 3. The van der Waals surface area contributed by atoms with Gasteiger partial charge in [-0.25, -0.2) is 4.98 Å². The average Bonchev–Trinajstić information content (AvgIpc) is 3.32. The summed E-state index contributed by atoms with van der Waals surface area (Å²) in [6, 6.07) is 3.71. The first-order valence-corrected chi connectivity index (χ1v) is 8.14. The average molecular weight is 352 g/mol. The molecule has 0 spiro atoms. The molecular weight excluding hydrogens is 334 g/mol. The molecule has 2 aliphatic rings. The van der Waals surface area contributed by atoms with Crippen molar-refractivity contribution in [3.63, 3.8) is 0 Å². The summed E-state index contributed by atoms with van der Waals surface area (Å²) in [6.07, 6.45) is 5.33. The second-order valence-corrected chi connectivity index (χ2v) is 6.54. The quantitative estimate of drug-likeness (QED) is 0.905. The van der Waals surface area contributed by atoms with Crippen molar-refractivity contribution in [2.75, 3.05) is 13.1 Å². The fourth-order valence-corrected chi connectivity index (χ4v) is 3.07. The Bertz CT molecular complexity index is 552. The number of halogens is 1. The number of carbonyl (C=O) groups excluding carboxylic acids is 2. The van der Waals surface area contributed by atoms with Gasteiger partial charge in [-0.2, -0.15) is 0 Å². The van der Waals surface area contributed by atoms with E-state index in [9.17, 15) is 9.59 Å². The van der Waals surface area contributed by atoms with Gasteiger partial charge in [-0.05, 0) is 53.7 Å². The smallest absolute Gasteiger partial charge is 0.271 e. The van der Waals surface area contributed by atoms with Gasteiger partial charge in [0, 0.05) is 35.7 Å². The summed E-state index contributed by atoms with van der Waals surface area (Å²) in [5.41, 5.74) is 0.411. The lowest BCUT2D eigenvalue weighted by atomic mass is 10.0. The van der Waals surface area contributed by atoms with Crippen LogP contribution in [0.25, 0.3) is 0 Å². The van der Waals surface area contributed by atoms with Crippen molar-refractivity contribution >= 4 is 27.7 Å². The highest BCUT2D eigenvalue weighted by Gasteiger charge is 2.35. The topological polar surface area (TPSA) is 62.3 Å². The Balaban J connectivity index is 1.52. The fourth-order valence-electron chi connectivity index (χ4n) is 2.64. The maximum Gasteiger partial charge on any atom is 0.271 e. The maximum atomic E-state index is 12.2. The third-order valence-corrected chi connectivity index (χ3v) is 4.68. The summed E-state index contributed by atoms with van der Waals surface area (Å²) in [5, 5.41) is 3.01. The minimum absolute atomic E-state index is 0.120. The van der Waals surface area contributed by atoms with Crippen LogP contribution in [-0.2, 0) is 4.79 Å². The predicted molar refractivity (Wildman–Crippen MR) is 81.7 cm³/mol. The second-order valence-electron chi connectivity index (χ2n) is 5.68. The first kappa shape index (κ1) is 14.5. The molecule has 112 valence electrons. The van der Waals surface area contributed by atoms with Crippen molar-refractivity contribution in [1.82, 2.24) is 15.2 Å². The minimum Gasteiger partial charge on any atom is -0.348 e. The Kier molecular flexibility index (Phi) is 4.24. The van der Waals surface area contributed by atoms with Crippen LogP contribution in [0.15, 0.2) is 22.8 Å². The third kappa shape index (κ3) is 3.43. The summed E-state index contributed by atoms with van der Waals surface area (Å²) in [5.74, 6) is 0.419. The minimum atomic E-state index is -0.158. The number of nitrogens with zero attached hydrogens (tertiary/aromatic N) is 2. The van der Waals surface area contributed by atoms with Gasteiger partial charge in [0.15, 0.2) is 0 Å². The lowest BCUT2D eigenvalue weighted by Crippen LogP contribution is -2.47. The van der Waals surface area contributed by atoms with Crippen molar-refractivity contribution in [3.05, 3.63) is 28.5 Å². The van der Waals surface area contributed by atoms with Gasteiger partial charge in [0.1, 0.15) is 5.69 Å². The van der Waals surface area contributed by atoms with Crippen molar-refractivity contribution in [2.45, 2.75) is 31.7 Å². The van der Waals surface area contributed by atoms with Gasteiger partial charge in [-0.3, -0.25) is 9.59 Å². The molecule has 0 radical (unpaired) electrons. The molecule has 3 rings (SSSR count). The van der Waals surface area contributed by atoms with Crippen molar-refractivity contribution < 1.29 is 9.59 Å². The maximum absolute atomic E-state index is 12.2. The molecule has 1 N–H and O–H groups in total. The van der Waals surface area contributed by atoms with Crippen LogP contribution >= 0.6 is 15.9 Å². The molecule has 21 heavy (non-hydrogen) atoms. The van der Waals surface area contributed by atoms with E-state index >= 15 is 0 Å². The monoisotopic (exact) mass is 351 g/mol. The fraction of sp³-hybridized carbons (Fsp3) is 0.533. The van der Waals surface area contributed by atoms with E-state index < -0.39 is 0 Å². The molecule has 0 bridgehead atoms. The molecule has 1 aliphatic carbocycles. The van der Waals surface area contributed by atoms with E-state index in [1.165, 1.54) is 0 Å². The number of hydrogen-bond donors (Lipinski definition) is 1. The van der Waals surface area contributed by atoms with Gasteiger partial charge in [-0.15, -0.1) is 0 Å². The zero-order chi connectivity index (χ0) is 14.8. The molecule has 0 unspecified atom stereocenters. The molecule has 2 fully saturated rings. The predicted octanol–water partition coefficient (Wildman–Crippen LogP) is 1.97. The second kappa shape index (κ2) is 6.13. The van der Waals surface area contributed by atoms with Gasteiger partial charge in [0.05, 0.1) is 0 Å². The van der Waals surface area contributed by atoms with E-state index in [1.54, 1.807) is 18.3 Å². The van der Waals surface area contributed by atoms with E-state index in [4.69, 9.17) is 0 Å². The number of nitrogens with one attached hydrogen (secondary N) is 1. The summed E-state index contributed by atoms with van der Waals surface area (Å²) in [6.45, 7) is 1.48. The highest BCUT2D eigenvalue weighted by atomic mass is 79.9. The molecule has 1 saturated heterocycles. The van der Waals surface area contributed by atoms with Crippen LogP contribution in [0.4, 0.5) is 0 Å². The number of amides is 2. The molecule has 1 aliphatic heterocycles. The molecule has 5 nitrogen and oxygen atoms in total. The van der Waals surface area contributed by atoms with Crippen LogP contribution in [0.1, 0.15) is 36.2 Å². The summed E-state index contributed by atoms with van der Waals surface area (Å²) >= 11 is 3.34. The normalized spacial score (nSPS) is 19.4. The van der Waals surface area contributed by atoms with Gasteiger partial charge in [-0.1, -0.05) is 0 Å². The Morgan fingerprint density at radius 2 is 1.95 bits per heavy atom. The van der Waals surface area contributed by atoms with Crippen LogP contribution in [0, 0.1) is 5.92 Å². The standard InChI is InChI=1S/C15H18BrN3O2/c16-12-2-1-7-17-13(12)14(20)18-11-5-8-19(9-6-11)15(21)10-3-4-10/h1-2,7,10-11H,3-6,8-9H2,(H,18,20). The largest absolute Gasteiger partial charge is 0.348 e. The van der Waals surface area contributed by atoms with Crippen LogP contribution in [-0.4, -0.2) is 40.8 Å². The number of carbonyl (C=O) groups is 2. The van der Waals surface area contributed by atoms with Crippen LogP contribution in [0.5, 0.6) is 0 Å². The molecule has 2 heterocycles. The van der Waals surface area contributed by atoms with Crippen LogP contribution in [0.3, 0.4) is 0 Å². The summed E-state index contributed by atoms with van der Waals surface area (Å²) in [4.78, 5) is 30.2. The van der Waals surface area contributed by atoms with Gasteiger partial charge >= 0.3 is 0 Å². The number of pyridine rings is 1. The molecule has 6 heteroatoms. The number of rotatable bonds is 3. The molecule has 1 aromatic rings. The molecular formula is C15H18BrN3O2. The zero-order valence-electron chi connectivity index (χ0n) is 11.7. The van der Waals surface area contributed by atoms with E-state index in [2.05, 4.69) is 26.2 Å². The summed E-state index contributed by atoms with van der Waals surface area (Å²) < 4.78 is 0.698. The van der Waals surface area contributed by atoms with E-state index in [1.807, 2.05) is 4.90 Å². The van der Waals surface area contributed by atoms with Crippen molar-refractivity contribution in [3.8, 4) is 0 Å². The Morgan fingerprint density at radius 1 is 1.24 bits per heavy atom. The van der Waals surface area contributed by atoms with Gasteiger partial charge < -0.3 is 10.2 Å². The first-order chi connectivity index (χ1) is 10.1.